The number of nitrogens with zero attached hydrogens (tertiary/aromatic N) is 1. The fraction of sp³-hybridized carbons (Fsp3) is 0.0833. The van der Waals surface area contributed by atoms with Gasteiger partial charge in [-0.1, -0.05) is 5.16 Å². The number of carbonyl (C=O) groups excluding carboxylic acids is 1. The molecule has 2 heterocycles. The van der Waals surface area contributed by atoms with Gasteiger partial charge >= 0.3 is 5.97 Å². The van der Waals surface area contributed by atoms with Crippen LogP contribution in [0, 0.1) is 0 Å². The van der Waals surface area contributed by atoms with Crippen LogP contribution in [0.4, 0.5) is 0 Å². The van der Waals surface area contributed by atoms with Gasteiger partial charge in [0.2, 0.25) is 0 Å². The molecule has 98 valence electrons. The standard InChI is InChI=1S/C12H10N2O4S/c15-11(16)4-2-9-1-3-10(19-9)12(17)13-7-8-5-6-18-14-8/h1-6H,7H2,(H,13,17)(H,15,16)/b4-2+. The number of amides is 1. The summed E-state index contributed by atoms with van der Waals surface area (Å²) in [4.78, 5) is 23.4. The molecule has 0 aliphatic rings. The smallest absolute Gasteiger partial charge is 0.328 e. The van der Waals surface area contributed by atoms with Crippen molar-refractivity contribution in [3.8, 4) is 0 Å². The van der Waals surface area contributed by atoms with E-state index in [9.17, 15) is 9.59 Å². The van der Waals surface area contributed by atoms with Crippen molar-refractivity contribution >= 4 is 29.3 Å². The Balaban J connectivity index is 1.94. The molecule has 0 unspecified atom stereocenters. The van der Waals surface area contributed by atoms with Crippen LogP contribution < -0.4 is 5.32 Å². The Hall–Kier alpha value is -2.41. The first-order chi connectivity index (χ1) is 9.15. The second-order valence-corrected chi connectivity index (χ2v) is 4.66. The fourth-order valence-corrected chi connectivity index (χ4v) is 2.13. The molecule has 0 aliphatic heterocycles. The van der Waals surface area contributed by atoms with Crippen molar-refractivity contribution in [1.29, 1.82) is 0 Å². The summed E-state index contributed by atoms with van der Waals surface area (Å²) < 4.78 is 4.65. The first-order valence-electron chi connectivity index (χ1n) is 5.33. The molecule has 19 heavy (non-hydrogen) atoms. The number of carboxylic acid groups (broad SMARTS) is 1. The largest absolute Gasteiger partial charge is 0.478 e. The molecule has 0 radical (unpaired) electrons. The van der Waals surface area contributed by atoms with Gasteiger partial charge in [-0.2, -0.15) is 0 Å². The maximum absolute atomic E-state index is 11.8. The van der Waals surface area contributed by atoms with Gasteiger partial charge in [0.05, 0.1) is 11.4 Å². The molecule has 2 N–H and O–H groups in total. The molecule has 0 atom stereocenters. The molecule has 0 aromatic carbocycles. The Morgan fingerprint density at radius 2 is 2.26 bits per heavy atom. The molecule has 2 rings (SSSR count). The number of aliphatic carboxylic acids is 1. The van der Waals surface area contributed by atoms with E-state index < -0.39 is 5.97 Å². The molecule has 0 bridgehead atoms. The monoisotopic (exact) mass is 278 g/mol. The van der Waals surface area contributed by atoms with E-state index in [1.807, 2.05) is 0 Å². The number of nitrogens with one attached hydrogen (secondary N) is 1. The zero-order valence-corrected chi connectivity index (χ0v) is 10.5. The minimum atomic E-state index is -1.02. The van der Waals surface area contributed by atoms with Crippen molar-refractivity contribution in [3.63, 3.8) is 0 Å². The summed E-state index contributed by atoms with van der Waals surface area (Å²) in [5, 5.41) is 14.9. The SMILES string of the molecule is O=C(O)/C=C/c1ccc(C(=O)NCc2ccon2)s1. The predicted molar refractivity (Wildman–Crippen MR) is 68.7 cm³/mol. The minimum absolute atomic E-state index is 0.233. The van der Waals surface area contributed by atoms with E-state index in [0.29, 0.717) is 15.4 Å². The lowest BCUT2D eigenvalue weighted by Gasteiger charge is -1.99. The van der Waals surface area contributed by atoms with Crippen LogP contribution in [-0.4, -0.2) is 22.1 Å². The second kappa shape index (κ2) is 5.96. The third-order valence-corrected chi connectivity index (χ3v) is 3.21. The van der Waals surface area contributed by atoms with Crippen molar-refractivity contribution in [2.45, 2.75) is 6.54 Å². The average molecular weight is 278 g/mol. The molecule has 0 saturated heterocycles. The quantitative estimate of drug-likeness (QED) is 0.813. The van der Waals surface area contributed by atoms with E-state index in [1.165, 1.54) is 23.7 Å². The predicted octanol–water partition coefficient (Wildman–Crippen LogP) is 1.76. The highest BCUT2D eigenvalue weighted by atomic mass is 32.1. The van der Waals surface area contributed by atoms with Crippen LogP contribution in [0.2, 0.25) is 0 Å². The van der Waals surface area contributed by atoms with Gasteiger partial charge in [0.15, 0.2) is 0 Å². The highest BCUT2D eigenvalue weighted by molar-refractivity contribution is 7.14. The van der Waals surface area contributed by atoms with E-state index in [1.54, 1.807) is 18.2 Å². The molecule has 0 saturated carbocycles. The highest BCUT2D eigenvalue weighted by Gasteiger charge is 2.08. The van der Waals surface area contributed by atoms with Gasteiger partial charge in [-0.25, -0.2) is 4.79 Å². The third-order valence-electron chi connectivity index (χ3n) is 2.16. The zero-order valence-electron chi connectivity index (χ0n) is 9.70. The Morgan fingerprint density at radius 1 is 1.42 bits per heavy atom. The summed E-state index contributed by atoms with van der Waals surface area (Å²) in [5.41, 5.74) is 0.635. The molecule has 0 aliphatic carbocycles. The van der Waals surface area contributed by atoms with E-state index in [4.69, 9.17) is 5.11 Å². The highest BCUT2D eigenvalue weighted by Crippen LogP contribution is 2.17. The summed E-state index contributed by atoms with van der Waals surface area (Å²) in [6.07, 6.45) is 3.91. The number of aromatic nitrogens is 1. The Labute approximate surface area is 112 Å². The van der Waals surface area contributed by atoms with Crippen molar-refractivity contribution in [2.24, 2.45) is 0 Å². The Kier molecular flexibility index (Phi) is 4.09. The summed E-state index contributed by atoms with van der Waals surface area (Å²) in [5.74, 6) is -1.26. The lowest BCUT2D eigenvalue weighted by atomic mass is 10.3. The average Bonchev–Trinajstić information content (AvgIpc) is 3.04. The van der Waals surface area contributed by atoms with Gasteiger partial charge < -0.3 is 14.9 Å². The lowest BCUT2D eigenvalue weighted by molar-refractivity contribution is -0.131. The van der Waals surface area contributed by atoms with Crippen molar-refractivity contribution in [2.75, 3.05) is 0 Å². The van der Waals surface area contributed by atoms with Crippen LogP contribution in [0.15, 0.2) is 35.1 Å². The molecule has 2 aromatic rings. The third kappa shape index (κ3) is 3.78. The van der Waals surface area contributed by atoms with Gasteiger partial charge in [-0.05, 0) is 18.2 Å². The van der Waals surface area contributed by atoms with Crippen molar-refractivity contribution in [1.82, 2.24) is 10.5 Å². The van der Waals surface area contributed by atoms with E-state index >= 15 is 0 Å². The summed E-state index contributed by atoms with van der Waals surface area (Å²) in [6, 6.07) is 5.00. The van der Waals surface area contributed by atoms with Crippen LogP contribution in [-0.2, 0) is 11.3 Å². The number of carbonyl (C=O) groups is 2. The molecular formula is C12H10N2O4S. The van der Waals surface area contributed by atoms with Crippen LogP contribution in [0.3, 0.4) is 0 Å². The first kappa shape index (κ1) is 13.0. The number of hydrogen-bond acceptors (Lipinski definition) is 5. The van der Waals surface area contributed by atoms with Crippen molar-refractivity contribution < 1.29 is 19.2 Å². The summed E-state index contributed by atoms with van der Waals surface area (Å²) in [7, 11) is 0. The molecule has 7 heteroatoms. The normalized spacial score (nSPS) is 10.7. The molecule has 0 spiro atoms. The molecular weight excluding hydrogens is 268 g/mol. The maximum Gasteiger partial charge on any atom is 0.328 e. The number of carboxylic acids is 1. The van der Waals surface area contributed by atoms with Crippen LogP contribution in [0.5, 0.6) is 0 Å². The van der Waals surface area contributed by atoms with Gasteiger partial charge in [-0.15, -0.1) is 11.3 Å². The Morgan fingerprint density at radius 3 is 2.95 bits per heavy atom. The van der Waals surface area contributed by atoms with Gasteiger partial charge in [0, 0.05) is 17.0 Å². The number of rotatable bonds is 5. The van der Waals surface area contributed by atoms with Crippen LogP contribution in [0.1, 0.15) is 20.2 Å². The van der Waals surface area contributed by atoms with Crippen LogP contribution in [0.25, 0.3) is 6.08 Å². The van der Waals surface area contributed by atoms with Gasteiger partial charge in [0.1, 0.15) is 12.0 Å². The van der Waals surface area contributed by atoms with E-state index in [2.05, 4.69) is 15.0 Å². The van der Waals surface area contributed by atoms with E-state index in [0.717, 1.165) is 6.08 Å². The van der Waals surface area contributed by atoms with Gasteiger partial charge in [0.25, 0.3) is 5.91 Å². The maximum atomic E-state index is 11.8. The Bertz CT molecular complexity index is 601. The first-order valence-corrected chi connectivity index (χ1v) is 6.15. The number of thiophene rings is 1. The lowest BCUT2D eigenvalue weighted by Crippen LogP contribution is -2.21. The van der Waals surface area contributed by atoms with Crippen molar-refractivity contribution in [3.05, 3.63) is 46.0 Å². The molecule has 6 nitrogen and oxygen atoms in total. The topological polar surface area (TPSA) is 92.4 Å². The fourth-order valence-electron chi connectivity index (χ4n) is 1.30. The molecule has 0 fully saturated rings. The van der Waals surface area contributed by atoms with E-state index in [-0.39, 0.29) is 12.5 Å². The summed E-state index contributed by atoms with van der Waals surface area (Å²) >= 11 is 1.21. The van der Waals surface area contributed by atoms with Gasteiger partial charge in [-0.3, -0.25) is 4.79 Å². The molecule has 1 amide bonds. The zero-order chi connectivity index (χ0) is 13.7. The van der Waals surface area contributed by atoms with Crippen LogP contribution >= 0.6 is 11.3 Å². The minimum Gasteiger partial charge on any atom is -0.478 e. The number of hydrogen-bond donors (Lipinski definition) is 2. The second-order valence-electron chi connectivity index (χ2n) is 3.55. The summed E-state index contributed by atoms with van der Waals surface area (Å²) in [6.45, 7) is 0.285. The molecule has 2 aromatic heterocycles.